The van der Waals surface area contributed by atoms with E-state index >= 15 is 0 Å². The number of sulfonamides is 1. The number of carbonyl (C=O) groups is 1. The highest BCUT2D eigenvalue weighted by Crippen LogP contribution is 2.25. The molecule has 1 amide bonds. The molecule has 0 aromatic carbocycles. The lowest BCUT2D eigenvalue weighted by Gasteiger charge is -2.33. The Morgan fingerprint density at radius 1 is 1.58 bits per heavy atom. The number of nitrogens with zero attached hydrogens (tertiary/aromatic N) is 1. The van der Waals surface area contributed by atoms with E-state index in [1.54, 1.807) is 4.90 Å². The molecule has 0 aliphatic carbocycles. The molecule has 106 valence electrons. The lowest BCUT2D eigenvalue weighted by molar-refractivity contribution is -0.133. The van der Waals surface area contributed by atoms with Gasteiger partial charge in [-0.05, 0) is 31.2 Å². The van der Waals surface area contributed by atoms with Crippen LogP contribution in [0, 0.1) is 0 Å². The molecule has 1 aliphatic heterocycles. The molecule has 1 aromatic heterocycles. The van der Waals surface area contributed by atoms with Gasteiger partial charge in [-0.25, -0.2) is 13.6 Å². The van der Waals surface area contributed by atoms with Gasteiger partial charge in [0, 0.05) is 18.0 Å². The Morgan fingerprint density at radius 2 is 2.32 bits per heavy atom. The molecule has 0 saturated carbocycles. The van der Waals surface area contributed by atoms with Crippen molar-refractivity contribution in [1.82, 2.24) is 4.90 Å². The van der Waals surface area contributed by atoms with Crippen LogP contribution >= 0.6 is 11.3 Å². The lowest BCUT2D eigenvalue weighted by Crippen LogP contribution is -2.48. The first-order chi connectivity index (χ1) is 8.89. The van der Waals surface area contributed by atoms with Gasteiger partial charge in [-0.3, -0.25) is 4.79 Å². The van der Waals surface area contributed by atoms with E-state index in [0.29, 0.717) is 19.4 Å². The second-order valence-corrected chi connectivity index (χ2v) is 7.70. The number of thiophene rings is 1. The molecule has 7 heteroatoms. The van der Waals surface area contributed by atoms with Gasteiger partial charge < -0.3 is 4.90 Å². The fraction of sp³-hybridized carbons (Fsp3) is 0.583. The van der Waals surface area contributed by atoms with Gasteiger partial charge in [-0.1, -0.05) is 6.07 Å². The summed E-state index contributed by atoms with van der Waals surface area (Å²) in [5, 5.41) is 6.49. The van der Waals surface area contributed by atoms with Crippen molar-refractivity contribution in [2.45, 2.75) is 30.9 Å². The maximum absolute atomic E-state index is 12.4. The SMILES string of the molecule is C[C@H](C(=O)N1CCC[C@@H](S(N)(=O)=O)C1)c1cccs1. The van der Waals surface area contributed by atoms with E-state index in [9.17, 15) is 13.2 Å². The number of hydrogen-bond acceptors (Lipinski definition) is 4. The van der Waals surface area contributed by atoms with Gasteiger partial charge in [0.25, 0.3) is 0 Å². The Hall–Kier alpha value is -0.920. The van der Waals surface area contributed by atoms with Gasteiger partial charge in [0.2, 0.25) is 15.9 Å². The van der Waals surface area contributed by atoms with Gasteiger partial charge in [0.05, 0.1) is 11.2 Å². The van der Waals surface area contributed by atoms with Crippen LogP contribution in [0.5, 0.6) is 0 Å². The average molecular weight is 302 g/mol. The topological polar surface area (TPSA) is 80.5 Å². The fourth-order valence-electron chi connectivity index (χ4n) is 2.34. The molecular weight excluding hydrogens is 284 g/mol. The number of carbonyl (C=O) groups excluding carboxylic acids is 1. The van der Waals surface area contributed by atoms with Gasteiger partial charge in [0.1, 0.15) is 0 Å². The van der Waals surface area contributed by atoms with Crippen molar-refractivity contribution in [2.75, 3.05) is 13.1 Å². The summed E-state index contributed by atoms with van der Waals surface area (Å²) in [7, 11) is -3.56. The lowest BCUT2D eigenvalue weighted by atomic mass is 10.1. The van der Waals surface area contributed by atoms with Crippen LogP contribution in [-0.4, -0.2) is 37.6 Å². The highest BCUT2D eigenvalue weighted by atomic mass is 32.2. The molecule has 1 aliphatic rings. The smallest absolute Gasteiger partial charge is 0.230 e. The quantitative estimate of drug-likeness (QED) is 0.909. The Bertz CT molecular complexity index is 539. The predicted molar refractivity (Wildman–Crippen MR) is 75.4 cm³/mol. The van der Waals surface area contributed by atoms with Crippen molar-refractivity contribution >= 4 is 27.3 Å². The summed E-state index contributed by atoms with van der Waals surface area (Å²) < 4.78 is 22.8. The third-order valence-corrected chi connectivity index (χ3v) is 5.86. The van der Waals surface area contributed by atoms with Crippen molar-refractivity contribution in [3.8, 4) is 0 Å². The van der Waals surface area contributed by atoms with Crippen LogP contribution in [0.2, 0.25) is 0 Å². The second-order valence-electron chi connectivity index (χ2n) is 4.87. The minimum atomic E-state index is -3.56. The van der Waals surface area contributed by atoms with Crippen molar-refractivity contribution in [3.63, 3.8) is 0 Å². The minimum absolute atomic E-state index is 0.0178. The third-order valence-electron chi connectivity index (χ3n) is 3.49. The van der Waals surface area contributed by atoms with Crippen LogP contribution in [0.25, 0.3) is 0 Å². The first-order valence-corrected chi connectivity index (χ1v) is 8.72. The molecule has 0 spiro atoms. The number of likely N-dealkylation sites (tertiary alicyclic amines) is 1. The van der Waals surface area contributed by atoms with E-state index in [1.807, 2.05) is 24.4 Å². The summed E-state index contributed by atoms with van der Waals surface area (Å²) >= 11 is 1.54. The van der Waals surface area contributed by atoms with Crippen LogP contribution in [0.15, 0.2) is 17.5 Å². The number of primary sulfonamides is 1. The van der Waals surface area contributed by atoms with Crippen LogP contribution in [0.3, 0.4) is 0 Å². The second kappa shape index (κ2) is 5.60. The number of amides is 1. The molecule has 2 atom stereocenters. The van der Waals surface area contributed by atoms with Gasteiger partial charge in [0.15, 0.2) is 0 Å². The first kappa shape index (κ1) is 14.5. The molecular formula is C12H18N2O3S2. The molecule has 0 unspecified atom stereocenters. The third kappa shape index (κ3) is 3.34. The standard InChI is InChI=1S/C12H18N2O3S2/c1-9(11-5-3-7-18-11)12(15)14-6-2-4-10(8-14)19(13,16)17/h3,5,7,9-10H,2,4,6,8H2,1H3,(H2,13,16,17)/t9-,10+/m0/s1. The summed E-state index contributed by atoms with van der Waals surface area (Å²) in [4.78, 5) is 15.0. The average Bonchev–Trinajstić information content (AvgIpc) is 2.90. The Labute approximate surface area is 117 Å². The largest absolute Gasteiger partial charge is 0.341 e. The highest BCUT2D eigenvalue weighted by Gasteiger charge is 2.32. The van der Waals surface area contributed by atoms with E-state index in [2.05, 4.69) is 0 Å². The number of nitrogens with two attached hydrogens (primary N) is 1. The molecule has 1 fully saturated rings. The molecule has 1 aromatic rings. The summed E-state index contributed by atoms with van der Waals surface area (Å²) in [6.07, 6.45) is 1.22. The first-order valence-electron chi connectivity index (χ1n) is 6.23. The maximum atomic E-state index is 12.4. The van der Waals surface area contributed by atoms with E-state index in [1.165, 1.54) is 11.3 Å². The van der Waals surface area contributed by atoms with Crippen molar-refractivity contribution in [2.24, 2.45) is 5.14 Å². The van der Waals surface area contributed by atoms with E-state index in [-0.39, 0.29) is 18.4 Å². The Kier molecular flexibility index (Phi) is 4.27. The zero-order valence-corrected chi connectivity index (χ0v) is 12.4. The van der Waals surface area contributed by atoms with Gasteiger partial charge >= 0.3 is 0 Å². The summed E-state index contributed by atoms with van der Waals surface area (Å²) in [6, 6.07) is 3.83. The maximum Gasteiger partial charge on any atom is 0.230 e. The molecule has 0 radical (unpaired) electrons. The van der Waals surface area contributed by atoms with Crippen molar-refractivity contribution in [3.05, 3.63) is 22.4 Å². The number of piperidine rings is 1. The Balaban J connectivity index is 2.07. The van der Waals surface area contributed by atoms with Gasteiger partial charge in [-0.2, -0.15) is 0 Å². The monoisotopic (exact) mass is 302 g/mol. The zero-order valence-electron chi connectivity index (χ0n) is 10.8. The van der Waals surface area contributed by atoms with Crippen LogP contribution in [-0.2, 0) is 14.8 Å². The van der Waals surface area contributed by atoms with Crippen LogP contribution < -0.4 is 5.14 Å². The van der Waals surface area contributed by atoms with Crippen molar-refractivity contribution < 1.29 is 13.2 Å². The van der Waals surface area contributed by atoms with Crippen LogP contribution in [0.1, 0.15) is 30.6 Å². The van der Waals surface area contributed by atoms with Crippen LogP contribution in [0.4, 0.5) is 0 Å². The number of hydrogen-bond donors (Lipinski definition) is 1. The molecule has 2 heterocycles. The Morgan fingerprint density at radius 3 is 2.89 bits per heavy atom. The zero-order chi connectivity index (χ0) is 14.0. The molecule has 5 nitrogen and oxygen atoms in total. The summed E-state index contributed by atoms with van der Waals surface area (Å²) in [6.45, 7) is 2.68. The molecule has 0 bridgehead atoms. The highest BCUT2D eigenvalue weighted by molar-refractivity contribution is 7.89. The fourth-order valence-corrected chi connectivity index (χ4v) is 4.00. The normalized spacial score (nSPS) is 22.2. The summed E-state index contributed by atoms with van der Waals surface area (Å²) in [5.41, 5.74) is 0. The van der Waals surface area contributed by atoms with E-state index in [4.69, 9.17) is 5.14 Å². The molecule has 2 N–H and O–H groups in total. The van der Waals surface area contributed by atoms with Gasteiger partial charge in [-0.15, -0.1) is 11.3 Å². The van der Waals surface area contributed by atoms with E-state index < -0.39 is 15.3 Å². The molecule has 1 saturated heterocycles. The number of rotatable bonds is 3. The molecule has 19 heavy (non-hydrogen) atoms. The summed E-state index contributed by atoms with van der Waals surface area (Å²) in [5.74, 6) is -0.241. The van der Waals surface area contributed by atoms with E-state index in [0.717, 1.165) is 4.88 Å². The predicted octanol–water partition coefficient (Wildman–Crippen LogP) is 1.13. The van der Waals surface area contributed by atoms with Crippen molar-refractivity contribution in [1.29, 1.82) is 0 Å². The molecule has 2 rings (SSSR count). The minimum Gasteiger partial charge on any atom is -0.341 e.